The molecule has 12 nitrogen and oxygen atoms in total. The van der Waals surface area contributed by atoms with Gasteiger partial charge in [0.15, 0.2) is 0 Å². The van der Waals surface area contributed by atoms with Crippen molar-refractivity contribution in [2.45, 2.75) is 16.1 Å². The fraction of sp³-hybridized carbons (Fsp3) is 0.0333. The van der Waals surface area contributed by atoms with Gasteiger partial charge >= 0.3 is 17.9 Å². The van der Waals surface area contributed by atoms with Crippen LogP contribution in [0.25, 0.3) is 0 Å². The second kappa shape index (κ2) is 10.3. The molecule has 4 aromatic rings. The number of hydrogen-bond acceptors (Lipinski definition) is 10. The smallest absolute Gasteiger partial charge is 0.346 e. The number of rotatable bonds is 6. The van der Waals surface area contributed by atoms with Crippen molar-refractivity contribution in [2.75, 3.05) is 10.6 Å². The summed E-state index contributed by atoms with van der Waals surface area (Å²) in [5, 5.41) is 14.9. The van der Waals surface area contributed by atoms with Crippen molar-refractivity contribution in [3.05, 3.63) is 118 Å². The Labute approximate surface area is 242 Å². The highest BCUT2D eigenvalue weighted by atomic mass is 32.2. The van der Waals surface area contributed by atoms with E-state index < -0.39 is 45.8 Å². The van der Waals surface area contributed by atoms with Crippen LogP contribution in [-0.4, -0.2) is 43.2 Å². The minimum atomic E-state index is -3.95. The monoisotopic (exact) mass is 598 g/mol. The van der Waals surface area contributed by atoms with Gasteiger partial charge in [-0.3, -0.25) is 9.59 Å². The first kappa shape index (κ1) is 27.5. The minimum absolute atomic E-state index is 0.0137. The molecule has 0 fully saturated rings. The molecule has 0 aromatic heterocycles. The van der Waals surface area contributed by atoms with E-state index in [2.05, 4.69) is 15.4 Å². The molecule has 0 saturated heterocycles. The van der Waals surface area contributed by atoms with Crippen LogP contribution >= 0.6 is 0 Å². The van der Waals surface area contributed by atoms with Crippen molar-refractivity contribution < 1.29 is 47.0 Å². The van der Waals surface area contributed by atoms with Crippen LogP contribution in [0, 0.1) is 0 Å². The lowest BCUT2D eigenvalue weighted by Crippen LogP contribution is -2.13. The summed E-state index contributed by atoms with van der Waals surface area (Å²) in [6.45, 7) is 0. The minimum Gasteiger partial charge on any atom is -0.428 e. The highest BCUT2D eigenvalue weighted by Crippen LogP contribution is 2.30. The Kier molecular flexibility index (Phi) is 6.60. The summed E-state index contributed by atoms with van der Waals surface area (Å²) in [7, 11) is -3.95. The Morgan fingerprint density at radius 3 is 1.67 bits per heavy atom. The zero-order valence-corrected chi connectivity index (χ0v) is 22.5. The highest BCUT2D eigenvalue weighted by molar-refractivity contribution is 7.91. The maximum atomic E-state index is 13.2. The number of fused-ring (bicyclic) bond motifs is 2. The number of cyclic esters (lactones) is 3. The number of carbonyl (C=O) groups is 5. The topological polar surface area (TPSA) is 182 Å². The molecule has 13 heteroatoms. The third-order valence-electron chi connectivity index (χ3n) is 6.77. The van der Waals surface area contributed by atoms with Gasteiger partial charge in [-0.15, -0.1) is 0 Å². The Morgan fingerprint density at radius 2 is 1.12 bits per heavy atom. The van der Waals surface area contributed by atoms with Gasteiger partial charge in [-0.2, -0.15) is 0 Å². The Balaban J connectivity index is 1.12. The van der Waals surface area contributed by atoms with Crippen molar-refractivity contribution in [3.63, 3.8) is 0 Å². The molecule has 2 aliphatic rings. The number of sulfone groups is 1. The Morgan fingerprint density at radius 1 is 0.628 bits per heavy atom. The van der Waals surface area contributed by atoms with Gasteiger partial charge in [0.25, 0.3) is 11.8 Å². The predicted octanol–water partition coefficient (Wildman–Crippen LogP) is 3.50. The second-order valence-corrected chi connectivity index (χ2v) is 11.4. The summed E-state index contributed by atoms with van der Waals surface area (Å²) in [5.41, 5.74) is 1.23. The molecule has 0 bridgehead atoms. The van der Waals surface area contributed by atoms with Gasteiger partial charge in [0.05, 0.1) is 26.5 Å². The van der Waals surface area contributed by atoms with E-state index in [4.69, 9.17) is 4.74 Å². The van der Waals surface area contributed by atoms with Gasteiger partial charge in [-0.25, -0.2) is 22.8 Å². The van der Waals surface area contributed by atoms with Crippen LogP contribution in [-0.2, 0) is 19.3 Å². The number of aliphatic hydroxyl groups excluding tert-OH is 1. The zero-order valence-electron chi connectivity index (χ0n) is 21.7. The number of carbonyl (C=O) groups excluding carboxylic acids is 5. The van der Waals surface area contributed by atoms with Gasteiger partial charge in [-0.05, 0) is 78.9 Å². The molecule has 4 aromatic carbocycles. The summed E-state index contributed by atoms with van der Waals surface area (Å²) in [6.07, 6.45) is -1.38. The third-order valence-corrected chi connectivity index (χ3v) is 8.56. The first-order valence-electron chi connectivity index (χ1n) is 12.5. The number of amides is 2. The molecular formula is C30H18N2O10S. The summed E-state index contributed by atoms with van der Waals surface area (Å²) < 4.78 is 35.6. The largest absolute Gasteiger partial charge is 0.428 e. The summed E-state index contributed by atoms with van der Waals surface area (Å²) >= 11 is 0. The van der Waals surface area contributed by atoms with Gasteiger partial charge in [-0.1, -0.05) is 6.07 Å². The molecule has 3 N–H and O–H groups in total. The SMILES string of the molecule is O=C(Nc1ccc(S(=O)(=O)c2ccc(NC(=O)c3ccc4c(c3)C(=O)OC4O)cc2)cc1)c1ccc2c(c1)C(=O)OC2=O. The van der Waals surface area contributed by atoms with E-state index in [1.165, 1.54) is 84.9 Å². The van der Waals surface area contributed by atoms with Crippen LogP contribution in [0.15, 0.2) is 94.7 Å². The molecule has 214 valence electrons. The lowest BCUT2D eigenvalue weighted by Gasteiger charge is -2.10. The van der Waals surface area contributed by atoms with E-state index in [0.717, 1.165) is 0 Å². The van der Waals surface area contributed by atoms with E-state index in [9.17, 15) is 37.5 Å². The number of aliphatic hydroxyl groups is 1. The Hall–Kier alpha value is -5.66. The first-order chi connectivity index (χ1) is 20.5. The molecule has 0 saturated carbocycles. The fourth-order valence-electron chi connectivity index (χ4n) is 4.52. The number of ether oxygens (including phenoxy) is 2. The highest BCUT2D eigenvalue weighted by Gasteiger charge is 2.31. The van der Waals surface area contributed by atoms with Crippen LogP contribution in [0.3, 0.4) is 0 Å². The number of benzene rings is 4. The van der Waals surface area contributed by atoms with Crippen LogP contribution < -0.4 is 10.6 Å². The van der Waals surface area contributed by atoms with Gasteiger partial charge in [0, 0.05) is 28.1 Å². The average molecular weight is 599 g/mol. The molecule has 0 spiro atoms. The normalized spacial score (nSPS) is 15.3. The predicted molar refractivity (Wildman–Crippen MR) is 147 cm³/mol. The van der Waals surface area contributed by atoms with Crippen molar-refractivity contribution in [1.29, 1.82) is 0 Å². The van der Waals surface area contributed by atoms with Crippen molar-refractivity contribution in [2.24, 2.45) is 0 Å². The van der Waals surface area contributed by atoms with Gasteiger partial charge < -0.3 is 25.2 Å². The number of anilines is 2. The van der Waals surface area contributed by atoms with Crippen LogP contribution in [0.1, 0.15) is 63.6 Å². The molecule has 43 heavy (non-hydrogen) atoms. The van der Waals surface area contributed by atoms with E-state index >= 15 is 0 Å². The summed E-state index contributed by atoms with van der Waals surface area (Å²) in [4.78, 5) is 60.4. The zero-order chi connectivity index (χ0) is 30.5. The van der Waals surface area contributed by atoms with E-state index in [-0.39, 0.29) is 48.9 Å². The summed E-state index contributed by atoms with van der Waals surface area (Å²) in [5.74, 6) is -3.50. The standard InChI is InChI=1S/C30H18N2O10S/c33-25(15-1-11-21-23(13-15)29(37)41-27(21)35)31-17-3-7-19(8-4-17)43(39,40)20-9-5-18(6-10-20)32-26(34)16-2-12-22-24(14-16)30(38)42-28(22)36/h1-14,27,35H,(H,31,33)(H,32,34). The molecule has 1 unspecified atom stereocenters. The van der Waals surface area contributed by atoms with Gasteiger partial charge in [0.1, 0.15) is 0 Å². The number of esters is 3. The van der Waals surface area contributed by atoms with E-state index in [1.54, 1.807) is 0 Å². The molecule has 2 heterocycles. The maximum Gasteiger partial charge on any atom is 0.346 e. The number of nitrogens with one attached hydrogen (secondary N) is 2. The quantitative estimate of drug-likeness (QED) is 0.219. The second-order valence-electron chi connectivity index (χ2n) is 9.46. The van der Waals surface area contributed by atoms with Crippen molar-refractivity contribution in [1.82, 2.24) is 0 Å². The maximum absolute atomic E-state index is 13.2. The fourth-order valence-corrected chi connectivity index (χ4v) is 5.78. The van der Waals surface area contributed by atoms with Crippen LogP contribution in [0.2, 0.25) is 0 Å². The lowest BCUT2D eigenvalue weighted by atomic mass is 10.0. The van der Waals surface area contributed by atoms with Crippen molar-refractivity contribution in [3.8, 4) is 0 Å². The number of hydrogen-bond donors (Lipinski definition) is 3. The third kappa shape index (κ3) is 5.03. The molecule has 1 atom stereocenters. The molecule has 0 radical (unpaired) electrons. The average Bonchev–Trinajstić information content (AvgIpc) is 3.45. The van der Waals surface area contributed by atoms with E-state index in [0.29, 0.717) is 5.69 Å². The lowest BCUT2D eigenvalue weighted by molar-refractivity contribution is -0.0548. The molecule has 2 amide bonds. The van der Waals surface area contributed by atoms with Crippen molar-refractivity contribution >= 4 is 50.9 Å². The molecule has 2 aliphatic heterocycles. The van der Waals surface area contributed by atoms with Gasteiger partial charge in [0.2, 0.25) is 16.1 Å². The Bertz CT molecular complexity index is 1980. The van der Waals surface area contributed by atoms with Crippen LogP contribution in [0.5, 0.6) is 0 Å². The van der Waals surface area contributed by atoms with Crippen LogP contribution in [0.4, 0.5) is 11.4 Å². The molecular weight excluding hydrogens is 580 g/mol. The summed E-state index contributed by atoms with van der Waals surface area (Å²) in [6, 6.07) is 19.0. The van der Waals surface area contributed by atoms with E-state index in [1.807, 2.05) is 0 Å². The first-order valence-corrected chi connectivity index (χ1v) is 14.0. The molecule has 0 aliphatic carbocycles. The molecule has 6 rings (SSSR count).